The summed E-state index contributed by atoms with van der Waals surface area (Å²) in [6, 6.07) is 0.563. The topological polar surface area (TPSA) is 45.7 Å². The van der Waals surface area contributed by atoms with E-state index in [1.54, 1.807) is 13.8 Å². The van der Waals surface area contributed by atoms with Crippen molar-refractivity contribution in [3.05, 3.63) is 23.9 Å². The van der Waals surface area contributed by atoms with E-state index in [9.17, 15) is 18.0 Å². The van der Waals surface area contributed by atoms with Gasteiger partial charge in [0, 0.05) is 6.20 Å². The Balaban J connectivity index is 2.39. The molecule has 2 atom stereocenters. The van der Waals surface area contributed by atoms with E-state index >= 15 is 0 Å². The number of anilines is 1. The number of aromatic nitrogens is 1. The van der Waals surface area contributed by atoms with Gasteiger partial charge in [0.2, 0.25) is 0 Å². The number of pyridine rings is 1. The second-order valence-electron chi connectivity index (χ2n) is 4.54. The number of rotatable bonds is 2. The Morgan fingerprint density at radius 3 is 2.45 bits per heavy atom. The highest BCUT2D eigenvalue weighted by atomic mass is 19.4. The van der Waals surface area contributed by atoms with Crippen molar-refractivity contribution < 1.29 is 22.8 Å². The Morgan fingerprint density at radius 2 is 1.95 bits per heavy atom. The van der Waals surface area contributed by atoms with Crippen molar-refractivity contribution in [3.63, 3.8) is 0 Å². The van der Waals surface area contributed by atoms with Gasteiger partial charge in [0.15, 0.2) is 0 Å². The third-order valence-corrected chi connectivity index (χ3v) is 3.39. The van der Waals surface area contributed by atoms with Crippen molar-refractivity contribution in [1.29, 1.82) is 0 Å². The predicted molar refractivity (Wildman–Crippen MR) is 64.9 cm³/mol. The van der Waals surface area contributed by atoms with Gasteiger partial charge < -0.3 is 0 Å². The van der Waals surface area contributed by atoms with Gasteiger partial charge in [0.05, 0.1) is 24.8 Å². The molecule has 1 fully saturated rings. The van der Waals surface area contributed by atoms with Gasteiger partial charge in [-0.3, -0.25) is 9.74 Å². The van der Waals surface area contributed by atoms with Crippen LogP contribution >= 0.6 is 0 Å². The molecule has 2 unspecified atom stereocenters. The largest absolute Gasteiger partial charge is 0.416 e. The highest BCUT2D eigenvalue weighted by Crippen LogP contribution is 2.33. The summed E-state index contributed by atoms with van der Waals surface area (Å²) in [5.74, 6) is -0.0382. The number of halogens is 3. The van der Waals surface area contributed by atoms with Gasteiger partial charge in [-0.2, -0.15) is 18.2 Å². The van der Waals surface area contributed by atoms with E-state index in [1.807, 2.05) is 0 Å². The molecule has 1 aromatic rings. The number of hydrogen-bond acceptors (Lipinski definition) is 3. The molecule has 0 bridgehead atoms. The number of nitrogens with zero attached hydrogens (tertiary/aromatic N) is 3. The van der Waals surface area contributed by atoms with Crippen molar-refractivity contribution >= 4 is 11.8 Å². The van der Waals surface area contributed by atoms with E-state index in [2.05, 4.69) is 4.98 Å². The van der Waals surface area contributed by atoms with Crippen LogP contribution in [0, 0.1) is 0 Å². The Labute approximate surface area is 113 Å². The lowest BCUT2D eigenvalue weighted by atomic mass is 10.1. The van der Waals surface area contributed by atoms with Crippen molar-refractivity contribution in [2.24, 2.45) is 0 Å². The summed E-state index contributed by atoms with van der Waals surface area (Å²) in [6.45, 7) is 3.48. The third kappa shape index (κ3) is 2.31. The fourth-order valence-electron chi connectivity index (χ4n) is 2.14. The lowest BCUT2D eigenvalue weighted by molar-refractivity contribution is -0.137. The van der Waals surface area contributed by atoms with E-state index < -0.39 is 17.8 Å². The third-order valence-electron chi connectivity index (χ3n) is 3.39. The minimum Gasteiger partial charge on any atom is -0.272 e. The molecule has 1 aliphatic heterocycles. The fraction of sp³-hybridized carbons (Fsp3) is 0.500. The molecule has 110 valence electrons. The molecule has 0 spiro atoms. The highest BCUT2D eigenvalue weighted by molar-refractivity contribution is 5.93. The van der Waals surface area contributed by atoms with Crippen molar-refractivity contribution in [1.82, 2.24) is 10.0 Å². The number of amides is 2. The first kappa shape index (κ1) is 14.6. The van der Waals surface area contributed by atoms with Gasteiger partial charge in [0.25, 0.3) is 0 Å². The van der Waals surface area contributed by atoms with Crippen LogP contribution < -0.4 is 4.90 Å². The summed E-state index contributed by atoms with van der Waals surface area (Å²) in [5.41, 5.74) is -0.842. The van der Waals surface area contributed by atoms with Crippen molar-refractivity contribution in [2.75, 3.05) is 12.0 Å². The zero-order chi connectivity index (χ0) is 15.1. The first-order valence-corrected chi connectivity index (χ1v) is 5.97. The van der Waals surface area contributed by atoms with Crippen LogP contribution in [0.3, 0.4) is 0 Å². The second kappa shape index (κ2) is 4.93. The average Bonchev–Trinajstić information content (AvgIpc) is 2.59. The average molecular weight is 289 g/mol. The maximum absolute atomic E-state index is 12.7. The Kier molecular flexibility index (Phi) is 3.59. The Morgan fingerprint density at radius 1 is 1.30 bits per heavy atom. The van der Waals surface area contributed by atoms with E-state index in [4.69, 9.17) is 4.84 Å². The first-order valence-electron chi connectivity index (χ1n) is 5.97. The van der Waals surface area contributed by atoms with Gasteiger partial charge in [-0.25, -0.2) is 9.78 Å². The van der Waals surface area contributed by atoms with Crippen LogP contribution in [0.15, 0.2) is 18.3 Å². The highest BCUT2D eigenvalue weighted by Gasteiger charge is 2.43. The van der Waals surface area contributed by atoms with Gasteiger partial charge in [0.1, 0.15) is 5.82 Å². The van der Waals surface area contributed by atoms with Gasteiger partial charge >= 0.3 is 12.2 Å². The minimum absolute atomic E-state index is 0.0382. The Bertz CT molecular complexity index is 521. The number of carbonyl (C=O) groups is 1. The lowest BCUT2D eigenvalue weighted by Gasteiger charge is -2.20. The monoisotopic (exact) mass is 289 g/mol. The molecule has 8 heteroatoms. The van der Waals surface area contributed by atoms with E-state index in [1.165, 1.54) is 12.0 Å². The van der Waals surface area contributed by atoms with Crippen LogP contribution in [0.1, 0.15) is 19.4 Å². The molecule has 1 saturated heterocycles. The number of hydrogen-bond donors (Lipinski definition) is 0. The summed E-state index contributed by atoms with van der Waals surface area (Å²) in [6.07, 6.45) is -3.44. The molecule has 2 rings (SSSR count). The summed E-state index contributed by atoms with van der Waals surface area (Å²) < 4.78 is 38.1. The SMILES string of the molecule is CON1C(=O)N(c2cc(C(F)(F)F)ccn2)C(C)C1C. The lowest BCUT2D eigenvalue weighted by Crippen LogP contribution is -2.34. The molecule has 0 saturated carbocycles. The van der Waals surface area contributed by atoms with Crippen LogP contribution in [-0.4, -0.2) is 35.3 Å². The van der Waals surface area contributed by atoms with Crippen LogP contribution in [0.5, 0.6) is 0 Å². The molecule has 0 radical (unpaired) electrons. The van der Waals surface area contributed by atoms with Gasteiger partial charge in [-0.15, -0.1) is 0 Å². The van der Waals surface area contributed by atoms with Crippen molar-refractivity contribution in [3.8, 4) is 0 Å². The molecule has 1 aliphatic rings. The Hall–Kier alpha value is -1.83. The zero-order valence-corrected chi connectivity index (χ0v) is 11.2. The number of hydroxylamine groups is 2. The summed E-state index contributed by atoms with van der Waals surface area (Å²) in [4.78, 5) is 22.1. The predicted octanol–water partition coefficient (Wildman–Crippen LogP) is 2.68. The zero-order valence-electron chi connectivity index (χ0n) is 11.2. The summed E-state index contributed by atoms with van der Waals surface area (Å²) >= 11 is 0. The molecule has 2 heterocycles. The number of urea groups is 1. The number of carbonyl (C=O) groups excluding carboxylic acids is 1. The molecule has 5 nitrogen and oxygen atoms in total. The van der Waals surface area contributed by atoms with E-state index in [-0.39, 0.29) is 17.9 Å². The van der Waals surface area contributed by atoms with Crippen LogP contribution in [0.25, 0.3) is 0 Å². The first-order chi connectivity index (χ1) is 9.27. The smallest absolute Gasteiger partial charge is 0.272 e. The molecule has 1 aromatic heterocycles. The minimum atomic E-state index is -4.48. The van der Waals surface area contributed by atoms with Gasteiger partial charge in [-0.1, -0.05) is 0 Å². The van der Waals surface area contributed by atoms with Gasteiger partial charge in [-0.05, 0) is 26.0 Å². The van der Waals surface area contributed by atoms with Crippen molar-refractivity contribution in [2.45, 2.75) is 32.1 Å². The molecular weight excluding hydrogens is 275 g/mol. The maximum atomic E-state index is 12.7. The number of alkyl halides is 3. The molecule has 0 aliphatic carbocycles. The van der Waals surface area contributed by atoms with Crippen LogP contribution in [-0.2, 0) is 11.0 Å². The molecule has 20 heavy (non-hydrogen) atoms. The summed E-state index contributed by atoms with van der Waals surface area (Å²) in [5, 5.41) is 1.12. The standard InChI is InChI=1S/C12H14F3N3O2/c1-7-8(2)18(20-3)11(19)17(7)10-6-9(4-5-16-10)12(13,14)15/h4-8H,1-3H3. The maximum Gasteiger partial charge on any atom is 0.416 e. The molecule has 0 aromatic carbocycles. The normalized spacial score (nSPS) is 23.6. The molecular formula is C12H14F3N3O2. The van der Waals surface area contributed by atoms with Crippen LogP contribution in [0.4, 0.5) is 23.8 Å². The second-order valence-corrected chi connectivity index (χ2v) is 4.54. The van der Waals surface area contributed by atoms with E-state index in [0.29, 0.717) is 0 Å². The summed E-state index contributed by atoms with van der Waals surface area (Å²) in [7, 11) is 1.34. The molecule has 0 N–H and O–H groups in total. The molecule has 2 amide bonds. The fourth-order valence-corrected chi connectivity index (χ4v) is 2.14. The van der Waals surface area contributed by atoms with Crippen LogP contribution in [0.2, 0.25) is 0 Å². The van der Waals surface area contributed by atoms with E-state index in [0.717, 1.165) is 23.4 Å². The quantitative estimate of drug-likeness (QED) is 0.841.